The molecule has 3 rings (SSSR count). The first-order valence-electron chi connectivity index (χ1n) is 7.96. The second kappa shape index (κ2) is 6.71. The Hall–Kier alpha value is -2.88. The zero-order chi connectivity index (χ0) is 17.1. The molecule has 2 aromatic carbocycles. The number of benzene rings is 2. The topological polar surface area (TPSA) is 59.2 Å². The molecule has 0 bridgehead atoms. The van der Waals surface area contributed by atoms with Crippen molar-refractivity contribution in [2.45, 2.75) is 20.3 Å². The second-order valence-electron chi connectivity index (χ2n) is 5.69. The molecule has 4 nitrogen and oxygen atoms in total. The smallest absolute Gasteiger partial charge is 0.202 e. The van der Waals surface area contributed by atoms with Crippen LogP contribution >= 0.6 is 0 Å². The average molecular weight is 321 g/mol. The Balaban J connectivity index is 1.78. The van der Waals surface area contributed by atoms with Gasteiger partial charge in [0, 0.05) is 28.2 Å². The van der Waals surface area contributed by atoms with Crippen LogP contribution in [0.1, 0.15) is 40.1 Å². The molecule has 0 aliphatic rings. The molecule has 0 fully saturated rings. The summed E-state index contributed by atoms with van der Waals surface area (Å²) in [6, 6.07) is 12.8. The van der Waals surface area contributed by atoms with E-state index in [-0.39, 0.29) is 18.2 Å². The summed E-state index contributed by atoms with van der Waals surface area (Å²) in [5, 5.41) is 0.917. The van der Waals surface area contributed by atoms with Crippen molar-refractivity contribution >= 4 is 22.5 Å². The summed E-state index contributed by atoms with van der Waals surface area (Å²) in [4.78, 5) is 27.1. The van der Waals surface area contributed by atoms with E-state index in [2.05, 4.69) is 18.0 Å². The molecule has 0 unspecified atom stereocenters. The van der Waals surface area contributed by atoms with Gasteiger partial charge < -0.3 is 9.72 Å². The Morgan fingerprint density at radius 3 is 2.67 bits per heavy atom. The van der Waals surface area contributed by atoms with Crippen LogP contribution in [0.4, 0.5) is 0 Å². The molecular formula is C20H19NO3. The monoisotopic (exact) mass is 321 g/mol. The summed E-state index contributed by atoms with van der Waals surface area (Å²) < 4.78 is 5.57. The third-order valence-electron chi connectivity index (χ3n) is 4.09. The molecule has 0 aliphatic carbocycles. The first-order valence-corrected chi connectivity index (χ1v) is 7.96. The number of carbonyl (C=O) groups is 2. The molecule has 1 heterocycles. The molecule has 1 N–H and O–H groups in total. The summed E-state index contributed by atoms with van der Waals surface area (Å²) >= 11 is 0. The Morgan fingerprint density at radius 2 is 1.92 bits per heavy atom. The molecule has 0 amide bonds. The normalized spacial score (nSPS) is 10.8. The van der Waals surface area contributed by atoms with Crippen molar-refractivity contribution in [3.05, 3.63) is 65.4 Å². The zero-order valence-electron chi connectivity index (χ0n) is 13.8. The average Bonchev–Trinajstić information content (AvgIpc) is 3.04. The number of rotatable bonds is 6. The number of hydrogen-bond donors (Lipinski definition) is 1. The van der Waals surface area contributed by atoms with Crippen LogP contribution in [0.5, 0.6) is 5.75 Å². The zero-order valence-corrected chi connectivity index (χ0v) is 13.8. The van der Waals surface area contributed by atoms with E-state index in [1.165, 1.54) is 12.5 Å². The number of Topliss-reactive ketones (excluding diaryl/α,β-unsaturated/α-hetero) is 2. The Bertz CT molecular complexity index is 908. The Morgan fingerprint density at radius 1 is 1.12 bits per heavy atom. The highest BCUT2D eigenvalue weighted by atomic mass is 16.5. The van der Waals surface area contributed by atoms with E-state index in [0.29, 0.717) is 16.9 Å². The maximum Gasteiger partial charge on any atom is 0.202 e. The van der Waals surface area contributed by atoms with Crippen molar-refractivity contribution in [3.8, 4) is 5.75 Å². The lowest BCUT2D eigenvalue weighted by molar-refractivity contribution is 0.0923. The summed E-state index contributed by atoms with van der Waals surface area (Å²) in [5.74, 6) is 0.392. The molecule has 24 heavy (non-hydrogen) atoms. The molecule has 122 valence electrons. The number of ketones is 2. The largest absolute Gasteiger partial charge is 0.485 e. The van der Waals surface area contributed by atoms with E-state index in [4.69, 9.17) is 4.74 Å². The highest BCUT2D eigenvalue weighted by Gasteiger charge is 2.14. The first kappa shape index (κ1) is 16.0. The van der Waals surface area contributed by atoms with Crippen LogP contribution in [-0.2, 0) is 6.42 Å². The van der Waals surface area contributed by atoms with Crippen molar-refractivity contribution in [2.75, 3.05) is 6.61 Å². The van der Waals surface area contributed by atoms with Gasteiger partial charge in [0.05, 0.1) is 0 Å². The molecule has 0 radical (unpaired) electrons. The van der Waals surface area contributed by atoms with Gasteiger partial charge >= 0.3 is 0 Å². The van der Waals surface area contributed by atoms with E-state index in [1.54, 1.807) is 30.5 Å². The van der Waals surface area contributed by atoms with Crippen LogP contribution < -0.4 is 4.74 Å². The van der Waals surface area contributed by atoms with Gasteiger partial charge in [-0.1, -0.05) is 37.3 Å². The van der Waals surface area contributed by atoms with Crippen molar-refractivity contribution in [2.24, 2.45) is 0 Å². The van der Waals surface area contributed by atoms with Gasteiger partial charge in [-0.05, 0) is 31.0 Å². The lowest BCUT2D eigenvalue weighted by Gasteiger charge is -2.06. The number of nitrogens with one attached hydrogen (secondary N) is 1. The minimum absolute atomic E-state index is 0.0319. The van der Waals surface area contributed by atoms with Crippen molar-refractivity contribution in [1.29, 1.82) is 0 Å². The molecule has 0 saturated carbocycles. The number of H-pyrrole nitrogens is 1. The van der Waals surface area contributed by atoms with Gasteiger partial charge in [0.25, 0.3) is 0 Å². The summed E-state index contributed by atoms with van der Waals surface area (Å²) in [6.07, 6.45) is 2.64. The minimum Gasteiger partial charge on any atom is -0.485 e. The summed E-state index contributed by atoms with van der Waals surface area (Å²) in [7, 11) is 0. The predicted octanol–water partition coefficient (Wildman–Crippen LogP) is 4.19. The SMILES string of the molecule is CCc1cccc2c(C(=O)COc3cccc(C(C)=O)c3)c[nH]c12. The van der Waals surface area contributed by atoms with Crippen LogP contribution in [0.15, 0.2) is 48.7 Å². The van der Waals surface area contributed by atoms with Gasteiger partial charge in [-0.2, -0.15) is 0 Å². The molecule has 0 saturated heterocycles. The molecule has 3 aromatic rings. The predicted molar refractivity (Wildman–Crippen MR) is 93.9 cm³/mol. The fraction of sp³-hybridized carbons (Fsp3) is 0.200. The molecule has 4 heteroatoms. The Kier molecular flexibility index (Phi) is 4.47. The van der Waals surface area contributed by atoms with Crippen molar-refractivity contribution < 1.29 is 14.3 Å². The van der Waals surface area contributed by atoms with Gasteiger partial charge in [-0.25, -0.2) is 0 Å². The van der Waals surface area contributed by atoms with Crippen LogP contribution in [0, 0.1) is 0 Å². The molecule has 0 atom stereocenters. The number of aryl methyl sites for hydroxylation is 1. The first-order chi connectivity index (χ1) is 11.6. The summed E-state index contributed by atoms with van der Waals surface area (Å²) in [5.41, 5.74) is 3.38. The maximum absolute atomic E-state index is 12.5. The van der Waals surface area contributed by atoms with E-state index in [1.807, 2.05) is 12.1 Å². The van der Waals surface area contributed by atoms with Gasteiger partial charge in [-0.3, -0.25) is 9.59 Å². The van der Waals surface area contributed by atoms with Crippen LogP contribution in [-0.4, -0.2) is 23.2 Å². The standard InChI is InChI=1S/C20H19NO3/c1-3-14-6-5-9-17-18(11-21-20(14)17)19(23)12-24-16-8-4-7-15(10-16)13(2)22/h4-11,21H,3,12H2,1-2H3. The van der Waals surface area contributed by atoms with Gasteiger partial charge in [0.1, 0.15) is 5.75 Å². The molecule has 0 aliphatic heterocycles. The third kappa shape index (κ3) is 3.08. The Labute approximate surface area is 140 Å². The van der Waals surface area contributed by atoms with Crippen LogP contribution in [0.2, 0.25) is 0 Å². The van der Waals surface area contributed by atoms with Crippen molar-refractivity contribution in [3.63, 3.8) is 0 Å². The number of ether oxygens (including phenoxy) is 1. The van der Waals surface area contributed by atoms with E-state index < -0.39 is 0 Å². The number of hydrogen-bond acceptors (Lipinski definition) is 3. The highest BCUT2D eigenvalue weighted by molar-refractivity contribution is 6.09. The number of aromatic amines is 1. The van der Waals surface area contributed by atoms with Crippen LogP contribution in [0.25, 0.3) is 10.9 Å². The van der Waals surface area contributed by atoms with Crippen LogP contribution in [0.3, 0.4) is 0 Å². The summed E-state index contributed by atoms with van der Waals surface area (Å²) in [6.45, 7) is 3.52. The second-order valence-corrected chi connectivity index (χ2v) is 5.69. The third-order valence-corrected chi connectivity index (χ3v) is 4.09. The number of fused-ring (bicyclic) bond motifs is 1. The quantitative estimate of drug-likeness (QED) is 0.692. The van der Waals surface area contributed by atoms with E-state index >= 15 is 0 Å². The number of carbonyl (C=O) groups excluding carboxylic acids is 2. The van der Waals surface area contributed by atoms with Crippen molar-refractivity contribution in [1.82, 2.24) is 4.98 Å². The van der Waals surface area contributed by atoms with Gasteiger partial charge in [0.15, 0.2) is 12.4 Å². The minimum atomic E-state index is -0.0947. The maximum atomic E-state index is 12.5. The number of aromatic nitrogens is 1. The molecular weight excluding hydrogens is 302 g/mol. The fourth-order valence-electron chi connectivity index (χ4n) is 2.77. The lowest BCUT2D eigenvalue weighted by atomic mass is 10.1. The lowest BCUT2D eigenvalue weighted by Crippen LogP contribution is -2.11. The van der Waals surface area contributed by atoms with E-state index in [9.17, 15) is 9.59 Å². The number of para-hydroxylation sites is 1. The molecule has 1 aromatic heterocycles. The van der Waals surface area contributed by atoms with Gasteiger partial charge in [0.2, 0.25) is 5.78 Å². The highest BCUT2D eigenvalue weighted by Crippen LogP contribution is 2.23. The molecule has 0 spiro atoms. The van der Waals surface area contributed by atoms with Gasteiger partial charge in [-0.15, -0.1) is 0 Å². The van der Waals surface area contributed by atoms with E-state index in [0.717, 1.165) is 17.3 Å². The fourth-order valence-corrected chi connectivity index (χ4v) is 2.77.